The zero-order valence-corrected chi connectivity index (χ0v) is 35.0. The van der Waals surface area contributed by atoms with Gasteiger partial charge in [0.05, 0.1) is 34.1 Å². The number of quaternary nitrogens is 1. The van der Waals surface area contributed by atoms with Gasteiger partial charge in [-0.3, -0.25) is 14.4 Å². The summed E-state index contributed by atoms with van der Waals surface area (Å²) in [5.41, 5.74) is 5.05. The van der Waals surface area contributed by atoms with Crippen LogP contribution in [0.25, 0.3) is 0 Å². The van der Waals surface area contributed by atoms with Gasteiger partial charge in [-0.2, -0.15) is 0 Å². The molecule has 0 aliphatic rings. The second-order valence-electron chi connectivity index (χ2n) is 13.5. The third-order valence-electron chi connectivity index (χ3n) is 7.21. The Labute approximate surface area is 335 Å². The molecule has 0 aliphatic carbocycles. The van der Waals surface area contributed by atoms with Crippen LogP contribution in [0.15, 0.2) is 134 Å². The number of carbonyl (C=O) groups is 3. The van der Waals surface area contributed by atoms with Gasteiger partial charge in [0.2, 0.25) is 0 Å². The minimum absolute atomic E-state index is 0.0798. The van der Waals surface area contributed by atoms with E-state index in [0.717, 1.165) is 94.5 Å². The zero-order valence-electron chi connectivity index (χ0n) is 35.0. The molecule has 7 heteroatoms. The Morgan fingerprint density at radius 1 is 0.473 bits per heavy atom. The van der Waals surface area contributed by atoms with E-state index in [0.29, 0.717) is 13.0 Å². The van der Waals surface area contributed by atoms with Crippen LogP contribution in [0.3, 0.4) is 0 Å². The van der Waals surface area contributed by atoms with E-state index in [9.17, 15) is 14.4 Å². The fourth-order valence-corrected chi connectivity index (χ4v) is 4.15. The molecule has 0 unspecified atom stereocenters. The highest BCUT2D eigenvalue weighted by atomic mass is 16.6. The third kappa shape index (κ3) is 49.7. The molecular weight excluding hydrogens is 685 g/mol. The molecule has 0 rings (SSSR count). The van der Waals surface area contributed by atoms with Gasteiger partial charge in [0, 0.05) is 6.42 Å². The van der Waals surface area contributed by atoms with Crippen molar-refractivity contribution in [2.24, 2.45) is 5.73 Å². The molecule has 0 fully saturated rings. The SMILES string of the molecule is CC/C=C\C/C=C\C/C=C\C/C=C\C/C=C\C/C=C\CC(=O)OC(=O)CN.CC/C=C\C/C=C\C/C=C\C/C=C\C/C=C\CCCC(=O)OCC[N+](C)(C)C. The number of carbonyl (C=O) groups excluding carboxylic acids is 3. The molecule has 55 heavy (non-hydrogen) atoms. The van der Waals surface area contributed by atoms with Gasteiger partial charge in [-0.25, -0.2) is 0 Å². The van der Waals surface area contributed by atoms with Gasteiger partial charge in [-0.05, 0) is 83.5 Å². The van der Waals surface area contributed by atoms with Gasteiger partial charge >= 0.3 is 17.9 Å². The van der Waals surface area contributed by atoms with Gasteiger partial charge in [0.25, 0.3) is 0 Å². The lowest BCUT2D eigenvalue weighted by Crippen LogP contribution is -2.37. The molecule has 0 atom stereocenters. The third-order valence-corrected chi connectivity index (χ3v) is 7.21. The Hall–Kier alpha value is -4.33. The van der Waals surface area contributed by atoms with Crippen molar-refractivity contribution >= 4 is 17.9 Å². The average Bonchev–Trinajstić information content (AvgIpc) is 3.15. The van der Waals surface area contributed by atoms with Crippen LogP contribution < -0.4 is 5.73 Å². The first-order chi connectivity index (χ1) is 26.7. The van der Waals surface area contributed by atoms with E-state index in [1.54, 1.807) is 6.08 Å². The Morgan fingerprint density at radius 2 is 0.818 bits per heavy atom. The average molecular weight is 760 g/mol. The quantitative estimate of drug-likeness (QED) is 0.0258. The van der Waals surface area contributed by atoms with Gasteiger partial charge in [0.15, 0.2) is 0 Å². The van der Waals surface area contributed by atoms with Crippen molar-refractivity contribution in [3.63, 3.8) is 0 Å². The van der Waals surface area contributed by atoms with Crippen molar-refractivity contribution in [2.45, 2.75) is 110 Å². The number of likely N-dealkylation sites (N-methyl/N-ethyl adjacent to an activating group) is 1. The highest BCUT2D eigenvalue weighted by Crippen LogP contribution is 2.02. The standard InChI is InChI=1S/C25H42NO2.C23H33NO3/c1-5-6-7-8-9-10-11-12-13-14-15-16-17-18-19-20-21-22-25(27)28-24-23-26(2,3)4;1-2-3-4-5-6-7-8-9-10-11-12-13-14-15-16-17-18-19-20-22(25)27-23(26)21-24/h6-7,9-10,12-13,15-16,18-19H,5,8,11,14,17,20-24H2,1-4H3;3-4,6-7,9-10,12-13,15-16,18-19H,2,5,8,11,14,17,20-21,24H2,1H3/q+1;/b7-6-,10-9-,13-12-,16-15-,19-18-;4-3-,7-6-,10-9-,13-12-,16-15-,19-18-. The number of ether oxygens (including phenoxy) is 2. The van der Waals surface area contributed by atoms with E-state index in [1.807, 2.05) is 12.2 Å². The van der Waals surface area contributed by atoms with Crippen LogP contribution in [0.4, 0.5) is 0 Å². The Kier molecular flexibility index (Phi) is 40.7. The molecule has 0 heterocycles. The van der Waals surface area contributed by atoms with Crippen LogP contribution in [-0.2, 0) is 23.9 Å². The number of allylic oxidation sites excluding steroid dienone is 21. The molecule has 0 aromatic rings. The van der Waals surface area contributed by atoms with Gasteiger partial charge in [-0.15, -0.1) is 0 Å². The molecule has 0 aliphatic heterocycles. The largest absolute Gasteiger partial charge is 0.460 e. The minimum atomic E-state index is -0.703. The highest BCUT2D eigenvalue weighted by Gasteiger charge is 2.09. The first-order valence-corrected chi connectivity index (χ1v) is 20.2. The van der Waals surface area contributed by atoms with Crippen molar-refractivity contribution in [1.82, 2.24) is 0 Å². The van der Waals surface area contributed by atoms with Crippen molar-refractivity contribution < 1.29 is 28.3 Å². The number of rotatable bonds is 30. The van der Waals surface area contributed by atoms with E-state index in [2.05, 4.69) is 155 Å². The van der Waals surface area contributed by atoms with Crippen molar-refractivity contribution in [1.29, 1.82) is 0 Å². The molecular formula is C48H75N2O5+. The molecule has 0 bridgehead atoms. The predicted octanol–water partition coefficient (Wildman–Crippen LogP) is 11.3. The summed E-state index contributed by atoms with van der Waals surface area (Å²) in [6, 6.07) is 0. The van der Waals surface area contributed by atoms with Gasteiger partial charge in [-0.1, -0.05) is 148 Å². The lowest BCUT2D eigenvalue weighted by Gasteiger charge is -2.23. The highest BCUT2D eigenvalue weighted by molar-refractivity contribution is 5.86. The number of nitrogens with two attached hydrogens (primary N) is 1. The van der Waals surface area contributed by atoms with E-state index < -0.39 is 11.9 Å². The van der Waals surface area contributed by atoms with Crippen LogP contribution in [0, 0.1) is 0 Å². The molecule has 306 valence electrons. The first kappa shape index (κ1) is 52.8. The molecule has 0 spiro atoms. The lowest BCUT2D eigenvalue weighted by molar-refractivity contribution is -0.870. The zero-order chi connectivity index (χ0) is 40.9. The number of nitrogens with zero attached hydrogens (tertiary/aromatic N) is 1. The smallest absolute Gasteiger partial charge is 0.327 e. The monoisotopic (exact) mass is 760 g/mol. The summed E-state index contributed by atoms with van der Waals surface area (Å²) in [5.74, 6) is -1.36. The maximum absolute atomic E-state index is 11.6. The normalized spacial score (nSPS) is 12.9. The van der Waals surface area contributed by atoms with Gasteiger partial charge in [0.1, 0.15) is 13.2 Å². The number of unbranched alkanes of at least 4 members (excludes halogenated alkanes) is 1. The topological polar surface area (TPSA) is 95.7 Å². The molecule has 0 aromatic carbocycles. The Balaban J connectivity index is 0. The predicted molar refractivity (Wildman–Crippen MR) is 235 cm³/mol. The number of hydrogen-bond acceptors (Lipinski definition) is 6. The summed E-state index contributed by atoms with van der Waals surface area (Å²) in [6.07, 6.45) is 60.1. The number of esters is 3. The fourth-order valence-electron chi connectivity index (χ4n) is 4.15. The summed E-state index contributed by atoms with van der Waals surface area (Å²) >= 11 is 0. The summed E-state index contributed by atoms with van der Waals surface area (Å²) < 4.78 is 10.5. The van der Waals surface area contributed by atoms with Crippen LogP contribution in [0.1, 0.15) is 110 Å². The molecule has 2 N–H and O–H groups in total. The maximum atomic E-state index is 11.6. The summed E-state index contributed by atoms with van der Waals surface area (Å²) in [7, 11) is 6.28. The number of hydrogen-bond donors (Lipinski definition) is 1. The lowest BCUT2D eigenvalue weighted by atomic mass is 10.2. The van der Waals surface area contributed by atoms with Crippen LogP contribution in [0.5, 0.6) is 0 Å². The van der Waals surface area contributed by atoms with Crippen molar-refractivity contribution in [3.8, 4) is 0 Å². The summed E-state index contributed by atoms with van der Waals surface area (Å²) in [5, 5.41) is 0. The van der Waals surface area contributed by atoms with E-state index in [-0.39, 0.29) is 18.9 Å². The summed E-state index contributed by atoms with van der Waals surface area (Å²) in [4.78, 5) is 33.6. The minimum Gasteiger partial charge on any atom is -0.460 e. The molecule has 0 amide bonds. The van der Waals surface area contributed by atoms with Crippen LogP contribution in [-0.4, -0.2) is 63.2 Å². The molecule has 0 saturated carbocycles. The molecule has 0 saturated heterocycles. The van der Waals surface area contributed by atoms with Crippen LogP contribution in [0.2, 0.25) is 0 Å². The first-order valence-electron chi connectivity index (χ1n) is 20.2. The van der Waals surface area contributed by atoms with Crippen molar-refractivity contribution in [3.05, 3.63) is 134 Å². The summed E-state index contributed by atoms with van der Waals surface area (Å²) in [6.45, 7) is 5.36. The molecule has 7 nitrogen and oxygen atoms in total. The van der Waals surface area contributed by atoms with E-state index >= 15 is 0 Å². The Morgan fingerprint density at radius 3 is 1.16 bits per heavy atom. The van der Waals surface area contributed by atoms with Gasteiger partial charge < -0.3 is 19.7 Å². The Bertz CT molecular complexity index is 1280. The van der Waals surface area contributed by atoms with E-state index in [1.165, 1.54) is 0 Å². The van der Waals surface area contributed by atoms with Crippen LogP contribution >= 0.6 is 0 Å². The molecule has 0 radical (unpaired) electrons. The second kappa shape index (κ2) is 42.4. The fraction of sp³-hybridized carbons (Fsp3) is 0.479. The second-order valence-corrected chi connectivity index (χ2v) is 13.5. The van der Waals surface area contributed by atoms with Crippen molar-refractivity contribution in [2.75, 3.05) is 40.8 Å². The van der Waals surface area contributed by atoms with E-state index in [4.69, 9.17) is 10.5 Å². The molecule has 0 aromatic heterocycles. The maximum Gasteiger partial charge on any atom is 0.327 e.